The van der Waals surface area contributed by atoms with Gasteiger partial charge in [0.15, 0.2) is 0 Å². The molecule has 0 radical (unpaired) electrons. The minimum atomic E-state index is -0.312. The van der Waals surface area contributed by atoms with Crippen LogP contribution in [0.4, 0.5) is 4.39 Å². The van der Waals surface area contributed by atoms with Crippen molar-refractivity contribution in [2.45, 2.75) is 6.54 Å². The number of fused-ring (bicyclic) bond motifs is 1. The van der Waals surface area contributed by atoms with Crippen LogP contribution in [-0.4, -0.2) is 15.7 Å². The van der Waals surface area contributed by atoms with E-state index in [9.17, 15) is 9.18 Å². The van der Waals surface area contributed by atoms with Gasteiger partial charge >= 0.3 is 6.15 Å². The molecule has 0 amide bonds. The first-order chi connectivity index (χ1) is 11.0. The van der Waals surface area contributed by atoms with Gasteiger partial charge in [0.2, 0.25) is 0 Å². The van der Waals surface area contributed by atoms with Crippen molar-refractivity contribution in [3.63, 3.8) is 0 Å². The van der Waals surface area contributed by atoms with E-state index in [1.165, 1.54) is 23.0 Å². The van der Waals surface area contributed by atoms with Crippen LogP contribution >= 0.6 is 15.9 Å². The van der Waals surface area contributed by atoms with E-state index in [-0.39, 0.29) is 17.5 Å². The first-order valence-electron chi connectivity index (χ1n) is 6.43. The van der Waals surface area contributed by atoms with Crippen LogP contribution in [0.1, 0.15) is 5.56 Å². The molecule has 116 valence electrons. The lowest BCUT2D eigenvalue weighted by molar-refractivity contribution is -0.191. The third-order valence-corrected chi connectivity index (χ3v) is 3.52. The van der Waals surface area contributed by atoms with E-state index in [1.54, 1.807) is 30.3 Å². The van der Waals surface area contributed by atoms with Crippen molar-refractivity contribution >= 4 is 33.0 Å². The standard InChI is InChI=1S/C15H10BrFN2O.CO2/c16-11-4-5-13-14(7-11)18-9-19(15(13)20)8-10-2-1-3-12(17)6-10;2-1-3/h1-7,9H,8H2;. The maximum absolute atomic E-state index is 13.2. The highest BCUT2D eigenvalue weighted by Gasteiger charge is 2.05. The molecule has 0 aliphatic carbocycles. The molecule has 0 saturated heterocycles. The normalized spacial score (nSPS) is 9.83. The van der Waals surface area contributed by atoms with Crippen LogP contribution in [0.3, 0.4) is 0 Å². The minimum absolute atomic E-state index is 0.133. The number of nitrogens with zero attached hydrogens (tertiary/aromatic N) is 2. The first kappa shape index (κ1) is 16.7. The SMILES string of the molecule is O=C=O.O=c1c2ccc(Br)cc2ncn1Cc1cccc(F)c1. The highest BCUT2D eigenvalue weighted by atomic mass is 79.9. The van der Waals surface area contributed by atoms with E-state index in [0.717, 1.165) is 10.0 Å². The Labute approximate surface area is 138 Å². The summed E-state index contributed by atoms with van der Waals surface area (Å²) in [5, 5.41) is 0.548. The molecule has 23 heavy (non-hydrogen) atoms. The van der Waals surface area contributed by atoms with Gasteiger partial charge in [0.1, 0.15) is 5.82 Å². The molecule has 2 aromatic carbocycles. The number of hydrogen-bond acceptors (Lipinski definition) is 4. The molecule has 0 aliphatic rings. The Bertz CT molecular complexity index is 934. The molecule has 7 heteroatoms. The third kappa shape index (κ3) is 4.18. The molecule has 0 spiro atoms. The number of carbonyl (C=O) groups excluding carboxylic acids is 2. The van der Waals surface area contributed by atoms with Crippen molar-refractivity contribution in [3.8, 4) is 0 Å². The number of aromatic nitrogens is 2. The van der Waals surface area contributed by atoms with E-state index < -0.39 is 0 Å². The Hall–Kier alpha value is -2.63. The second-order valence-corrected chi connectivity index (χ2v) is 5.47. The van der Waals surface area contributed by atoms with Crippen molar-refractivity contribution in [1.82, 2.24) is 9.55 Å². The second kappa shape index (κ2) is 7.58. The van der Waals surface area contributed by atoms with Crippen molar-refractivity contribution in [2.75, 3.05) is 0 Å². The molecule has 0 unspecified atom stereocenters. The van der Waals surface area contributed by atoms with E-state index in [0.29, 0.717) is 17.4 Å². The van der Waals surface area contributed by atoms with Gasteiger partial charge in [-0.05, 0) is 35.9 Å². The van der Waals surface area contributed by atoms with Gasteiger partial charge in [-0.2, -0.15) is 9.59 Å². The first-order valence-corrected chi connectivity index (χ1v) is 7.23. The lowest BCUT2D eigenvalue weighted by Gasteiger charge is -2.07. The van der Waals surface area contributed by atoms with Gasteiger partial charge in [0.05, 0.1) is 23.8 Å². The average Bonchev–Trinajstić information content (AvgIpc) is 2.51. The van der Waals surface area contributed by atoms with Crippen LogP contribution in [0, 0.1) is 5.82 Å². The second-order valence-electron chi connectivity index (χ2n) is 4.55. The fourth-order valence-corrected chi connectivity index (χ4v) is 2.43. The largest absolute Gasteiger partial charge is 0.373 e. The van der Waals surface area contributed by atoms with Gasteiger partial charge in [-0.1, -0.05) is 28.1 Å². The Morgan fingerprint density at radius 2 is 1.91 bits per heavy atom. The van der Waals surface area contributed by atoms with Crippen molar-refractivity contribution in [1.29, 1.82) is 0 Å². The Morgan fingerprint density at radius 1 is 1.17 bits per heavy atom. The summed E-state index contributed by atoms with van der Waals surface area (Å²) in [6.07, 6.45) is 1.74. The lowest BCUT2D eigenvalue weighted by Crippen LogP contribution is -2.21. The van der Waals surface area contributed by atoms with E-state index in [4.69, 9.17) is 9.59 Å². The maximum atomic E-state index is 13.2. The summed E-state index contributed by atoms with van der Waals surface area (Å²) >= 11 is 3.35. The van der Waals surface area contributed by atoms with E-state index in [1.807, 2.05) is 0 Å². The summed E-state index contributed by atoms with van der Waals surface area (Å²) in [7, 11) is 0. The molecule has 0 aliphatic heterocycles. The van der Waals surface area contributed by atoms with Crippen molar-refractivity contribution in [2.24, 2.45) is 0 Å². The summed E-state index contributed by atoms with van der Waals surface area (Å²) in [5.41, 5.74) is 1.23. The lowest BCUT2D eigenvalue weighted by atomic mass is 10.2. The predicted octanol–water partition coefficient (Wildman–Crippen LogP) is 2.76. The van der Waals surface area contributed by atoms with Gasteiger partial charge < -0.3 is 0 Å². The van der Waals surface area contributed by atoms with Crippen LogP contribution in [0.25, 0.3) is 10.9 Å². The smallest absolute Gasteiger partial charge is 0.294 e. The quantitative estimate of drug-likeness (QED) is 0.689. The monoisotopic (exact) mass is 376 g/mol. The van der Waals surface area contributed by atoms with Crippen LogP contribution in [0.5, 0.6) is 0 Å². The highest BCUT2D eigenvalue weighted by molar-refractivity contribution is 9.10. The maximum Gasteiger partial charge on any atom is 0.373 e. The molecule has 1 aromatic heterocycles. The molecule has 0 atom stereocenters. The summed E-state index contributed by atoms with van der Waals surface area (Å²) in [6.45, 7) is 0.301. The van der Waals surface area contributed by atoms with E-state index in [2.05, 4.69) is 20.9 Å². The fourth-order valence-electron chi connectivity index (χ4n) is 2.08. The zero-order valence-corrected chi connectivity index (χ0v) is 13.3. The molecule has 1 heterocycles. The van der Waals surface area contributed by atoms with Crippen LogP contribution in [0.15, 0.2) is 58.1 Å². The van der Waals surface area contributed by atoms with Gasteiger partial charge in [0, 0.05) is 4.47 Å². The number of rotatable bonds is 2. The van der Waals surface area contributed by atoms with Crippen LogP contribution in [0.2, 0.25) is 0 Å². The van der Waals surface area contributed by atoms with Crippen LogP contribution in [-0.2, 0) is 16.1 Å². The van der Waals surface area contributed by atoms with Gasteiger partial charge in [-0.25, -0.2) is 9.37 Å². The third-order valence-electron chi connectivity index (χ3n) is 3.03. The van der Waals surface area contributed by atoms with Crippen molar-refractivity contribution in [3.05, 3.63) is 75.0 Å². The Kier molecular flexibility index (Phi) is 5.51. The van der Waals surface area contributed by atoms with Crippen molar-refractivity contribution < 1.29 is 14.0 Å². The molecule has 0 fully saturated rings. The molecular formula is C16H10BrFN2O3. The molecule has 0 saturated carbocycles. The number of hydrogen-bond donors (Lipinski definition) is 0. The topological polar surface area (TPSA) is 69.0 Å². The zero-order chi connectivity index (χ0) is 16.8. The summed E-state index contributed by atoms with van der Waals surface area (Å²) in [5.74, 6) is -0.312. The molecular weight excluding hydrogens is 367 g/mol. The summed E-state index contributed by atoms with van der Waals surface area (Å²) < 4.78 is 15.5. The summed E-state index contributed by atoms with van der Waals surface area (Å²) in [6, 6.07) is 11.5. The number of halogens is 2. The molecule has 5 nitrogen and oxygen atoms in total. The Morgan fingerprint density at radius 3 is 2.61 bits per heavy atom. The highest BCUT2D eigenvalue weighted by Crippen LogP contribution is 2.15. The van der Waals surface area contributed by atoms with Gasteiger partial charge in [-0.3, -0.25) is 9.36 Å². The molecule has 3 aromatic rings. The van der Waals surface area contributed by atoms with E-state index >= 15 is 0 Å². The molecule has 0 N–H and O–H groups in total. The zero-order valence-electron chi connectivity index (χ0n) is 11.7. The predicted molar refractivity (Wildman–Crippen MR) is 84.2 cm³/mol. The van der Waals surface area contributed by atoms with Gasteiger partial charge in [-0.15, -0.1) is 0 Å². The van der Waals surface area contributed by atoms with Gasteiger partial charge in [0.25, 0.3) is 5.56 Å². The average molecular weight is 377 g/mol. The number of benzene rings is 2. The minimum Gasteiger partial charge on any atom is -0.294 e. The molecule has 3 rings (SSSR count). The van der Waals surface area contributed by atoms with Crippen LogP contribution < -0.4 is 5.56 Å². The molecule has 0 bridgehead atoms. The summed E-state index contributed by atoms with van der Waals surface area (Å²) in [4.78, 5) is 32.9. The Balaban J connectivity index is 0.000000595. The fraction of sp³-hybridized carbons (Fsp3) is 0.0625.